The van der Waals surface area contributed by atoms with E-state index >= 15 is 0 Å². The number of rotatable bonds is 3. The number of para-hydroxylation sites is 5. The van der Waals surface area contributed by atoms with Crippen LogP contribution in [-0.4, -0.2) is 0 Å². The monoisotopic (exact) mass is 1780 g/mol. The maximum atomic E-state index is 6.55. The highest BCUT2D eigenvalue weighted by Crippen LogP contribution is 2.74. The third kappa shape index (κ3) is 11.5. The zero-order chi connectivity index (χ0) is 90.1. The van der Waals surface area contributed by atoms with Gasteiger partial charge in [0.1, 0.15) is 45.6 Å². The van der Waals surface area contributed by atoms with Gasteiger partial charge in [0.05, 0.1) is 95.7 Å². The van der Waals surface area contributed by atoms with Gasteiger partial charge >= 0.3 is 0 Å². The molecule has 12 nitrogen and oxygen atoms in total. The van der Waals surface area contributed by atoms with Gasteiger partial charge in [0, 0.05) is 68.1 Å². The minimum absolute atomic E-state index is 0.00631. The largest absolute Gasteiger partial charge is 0.460 e. The molecule has 4 bridgehead atoms. The summed E-state index contributed by atoms with van der Waals surface area (Å²) in [4.78, 5) is 13.3. The Morgan fingerprint density at radius 2 is 0.612 bits per heavy atom. The first-order valence-electron chi connectivity index (χ1n) is 48.9. The van der Waals surface area contributed by atoms with Gasteiger partial charge in [-0.25, -0.2) is 0 Å². The second kappa shape index (κ2) is 30.8. The van der Waals surface area contributed by atoms with Gasteiger partial charge in [-0.1, -0.05) is 206 Å². The zero-order valence-electron chi connectivity index (χ0n) is 80.2. The van der Waals surface area contributed by atoms with Crippen LogP contribution in [0.2, 0.25) is 0 Å². The van der Waals surface area contributed by atoms with Gasteiger partial charge in [0.2, 0.25) is 0 Å². The van der Waals surface area contributed by atoms with Crippen LogP contribution in [0.25, 0.3) is 53.2 Å². The predicted octanol–water partition coefficient (Wildman–Crippen LogP) is 34.1. The van der Waals surface area contributed by atoms with E-state index in [-0.39, 0.29) is 61.4 Å². The van der Waals surface area contributed by atoms with Crippen LogP contribution >= 0.6 is 34.0 Å². The maximum absolute atomic E-state index is 6.55. The third-order valence-corrected chi connectivity index (χ3v) is 38.6. The molecular formula is C114H133N5O7S3. The standard InChI is InChI=1S/C25H27NOS.2C22H25NO2.C21H23NOS.C20H21NOS.2C2H6/c1-14-5-3-4-6-20(14)26-15(2)23-22(24-21(27-23)7-8-28-24)25(26)18-10-16-9-17(12-18)13-19(25)11-16;2*1-13-18-17(19-16(25-18)11-12-24-19)22(6)21(4,5)20(2,3)14-9-7-8-10-15(14)23(13)22;1-14-8-4-5-9-16(14)22-15(2)19-18(20-17(23-19)10-13-24-20)21(22)11-6-3-7-12-21;1-13-7-3-4-8-15(13)21-14(2)18-17(20(21)10-5-6-11-20)19-16(22-18)9-12-23-19;2*1-2/h3-8,15-19H,9-13H2,1-2H3;2*7-13H,1-6H3;4-5,8-10,13,15H,3,6-7,11-12H2,1-2H3;3-4,7-9,12,14H,5-6,10-11H2,1-2H3;2*1-2H3. The van der Waals surface area contributed by atoms with Crippen LogP contribution in [-0.2, 0) is 38.5 Å². The summed E-state index contributed by atoms with van der Waals surface area (Å²) in [6.45, 7) is 50.0. The highest BCUT2D eigenvalue weighted by molar-refractivity contribution is 7.18. The number of nitrogens with zero attached hydrogens (tertiary/aromatic N) is 5. The van der Waals surface area contributed by atoms with Crippen LogP contribution in [0.4, 0.5) is 28.4 Å². The number of aryl methyl sites for hydroxylation is 3. The third-order valence-electron chi connectivity index (χ3n) is 35.9. The van der Waals surface area contributed by atoms with Crippen molar-refractivity contribution in [2.45, 2.75) is 311 Å². The number of thiophene rings is 3. The fourth-order valence-electron chi connectivity index (χ4n) is 28.9. The van der Waals surface area contributed by atoms with Gasteiger partial charge < -0.3 is 55.4 Å². The van der Waals surface area contributed by atoms with E-state index in [1.807, 2.05) is 73.8 Å². The molecule has 28 rings (SSSR count). The molecule has 6 fully saturated rings. The Labute approximate surface area is 775 Å². The Morgan fingerprint density at radius 1 is 0.310 bits per heavy atom. The van der Waals surface area contributed by atoms with Gasteiger partial charge in [-0.3, -0.25) is 0 Å². The van der Waals surface area contributed by atoms with Crippen LogP contribution in [0.1, 0.15) is 336 Å². The van der Waals surface area contributed by atoms with E-state index in [0.717, 1.165) is 74.3 Å². The van der Waals surface area contributed by atoms with Crippen LogP contribution in [0.3, 0.4) is 0 Å². The normalized spacial score (nSPS) is 27.6. The van der Waals surface area contributed by atoms with Crippen LogP contribution < -0.4 is 24.5 Å². The Kier molecular flexibility index (Phi) is 20.6. The van der Waals surface area contributed by atoms with Crippen molar-refractivity contribution in [2.75, 3.05) is 24.5 Å². The minimum Gasteiger partial charge on any atom is -0.460 e. The van der Waals surface area contributed by atoms with Gasteiger partial charge in [-0.2, -0.15) is 0 Å². The quantitative estimate of drug-likeness (QED) is 0.168. The molecule has 0 N–H and O–H groups in total. The fourth-order valence-corrected chi connectivity index (χ4v) is 31.8. The molecule has 6 saturated carbocycles. The lowest BCUT2D eigenvalue weighted by molar-refractivity contribution is -0.0595. The van der Waals surface area contributed by atoms with Crippen LogP contribution in [0.15, 0.2) is 211 Å². The predicted molar refractivity (Wildman–Crippen MR) is 535 cm³/mol. The Morgan fingerprint density at radius 3 is 0.992 bits per heavy atom. The molecule has 5 aromatic carbocycles. The summed E-state index contributed by atoms with van der Waals surface area (Å²) in [6.07, 6.45) is 22.2. The lowest BCUT2D eigenvalue weighted by Crippen LogP contribution is -2.62. The molecule has 17 heterocycles. The number of benzene rings is 5. The van der Waals surface area contributed by atoms with Gasteiger partial charge in [-0.15, -0.1) is 34.0 Å². The van der Waals surface area contributed by atoms with Crippen molar-refractivity contribution < 1.29 is 30.9 Å². The molecule has 15 heteroatoms. The first-order chi connectivity index (χ1) is 62.1. The highest BCUT2D eigenvalue weighted by atomic mass is 32.1. The van der Waals surface area contributed by atoms with Crippen molar-refractivity contribution in [3.8, 4) is 0 Å². The second-order valence-corrected chi connectivity index (χ2v) is 44.8. The second-order valence-electron chi connectivity index (χ2n) is 42.0. The van der Waals surface area contributed by atoms with E-state index in [2.05, 4.69) is 305 Å². The molecule has 7 aliphatic heterocycles. The summed E-state index contributed by atoms with van der Waals surface area (Å²) >= 11 is 5.59. The SMILES string of the molecule is CC.CC.CC1c2oc3ccoc3c2C2(C)N1c1ccccc1C(C)(C)C2(C)C.CC1c2oc3ccoc3c2C2(C)N1c1ccccc1C(C)(C)C2(C)C.Cc1ccccc1N1C(C)c2oc3ccsc3c2C12C1CC3CC(C1)CC2C3.Cc1ccccc1N1C(C)c2oc3ccsc3c2C12CCCC2.Cc1ccccc1N1C(C)c2oc3ccsc3c2C12CCCCC2. The molecule has 7 atom stereocenters. The van der Waals surface area contributed by atoms with E-state index in [1.165, 1.54) is 200 Å². The first-order valence-corrected chi connectivity index (χ1v) is 51.6. The van der Waals surface area contributed by atoms with Crippen molar-refractivity contribution >= 4 is 116 Å². The number of furan rings is 7. The molecule has 15 aromatic rings. The van der Waals surface area contributed by atoms with Gasteiger partial charge in [0.25, 0.3) is 0 Å². The molecule has 129 heavy (non-hydrogen) atoms. The summed E-state index contributed by atoms with van der Waals surface area (Å²) in [5.41, 5.74) is 27.6. The number of anilines is 5. The molecule has 0 saturated heterocycles. The summed E-state index contributed by atoms with van der Waals surface area (Å²) in [5.74, 6) is 9.27. The molecule has 3 spiro atoms. The number of hydrogen-bond acceptors (Lipinski definition) is 15. The molecule has 13 aliphatic rings. The van der Waals surface area contributed by atoms with Crippen molar-refractivity contribution in [1.29, 1.82) is 0 Å². The summed E-state index contributed by atoms with van der Waals surface area (Å²) < 4.78 is 47.7. The van der Waals surface area contributed by atoms with Gasteiger partial charge in [0.15, 0.2) is 22.3 Å². The molecule has 674 valence electrons. The van der Waals surface area contributed by atoms with E-state index in [0.29, 0.717) is 18.1 Å². The Bertz CT molecular complexity index is 6560. The molecule has 7 unspecified atom stereocenters. The summed E-state index contributed by atoms with van der Waals surface area (Å²) in [7, 11) is 0. The van der Waals surface area contributed by atoms with Crippen molar-refractivity contribution in [3.05, 3.63) is 265 Å². The molecule has 0 radical (unpaired) electrons. The lowest BCUT2D eigenvalue weighted by Gasteiger charge is -2.63. The molecule has 6 aliphatic carbocycles. The maximum Gasteiger partial charge on any atom is 0.178 e. The highest BCUT2D eigenvalue weighted by Gasteiger charge is 2.70. The molecule has 10 aromatic heterocycles. The topological polar surface area (TPSA) is 108 Å². The smallest absolute Gasteiger partial charge is 0.178 e. The van der Waals surface area contributed by atoms with E-state index in [1.54, 1.807) is 18.1 Å². The van der Waals surface area contributed by atoms with Crippen LogP contribution in [0, 0.1) is 55.3 Å². The van der Waals surface area contributed by atoms with Crippen molar-refractivity contribution in [3.63, 3.8) is 0 Å². The Hall–Kier alpha value is -9.54. The number of hydrogen-bond donors (Lipinski definition) is 0. The Balaban J connectivity index is 0.0000000969. The average Bonchev–Trinajstić information content (AvgIpc) is 1.52. The molecule has 0 amide bonds. The van der Waals surface area contributed by atoms with E-state index < -0.39 is 0 Å². The van der Waals surface area contributed by atoms with Crippen molar-refractivity contribution in [1.82, 2.24) is 0 Å². The van der Waals surface area contributed by atoms with E-state index in [9.17, 15) is 0 Å². The molecular weight excluding hydrogens is 1650 g/mol. The zero-order valence-corrected chi connectivity index (χ0v) is 82.7. The van der Waals surface area contributed by atoms with Gasteiger partial charge in [-0.05, 0) is 254 Å². The van der Waals surface area contributed by atoms with Crippen LogP contribution in [0.5, 0.6) is 0 Å². The van der Waals surface area contributed by atoms with E-state index in [4.69, 9.17) is 30.9 Å². The first kappa shape index (κ1) is 86.2. The van der Waals surface area contributed by atoms with Crippen molar-refractivity contribution in [2.24, 2.45) is 34.5 Å². The summed E-state index contributed by atoms with van der Waals surface area (Å²) in [6, 6.07) is 56.0. The fraction of sp³-hybridized carbons (Fsp3) is 0.474. The average molecular weight is 1780 g/mol. The lowest BCUT2D eigenvalue weighted by atomic mass is 9.47. The number of fused-ring (bicyclic) bond motifs is 25. The summed E-state index contributed by atoms with van der Waals surface area (Å²) in [5, 5.41) is 6.56. The minimum atomic E-state index is -0.206.